The molecule has 1 aromatic carbocycles. The van der Waals surface area contributed by atoms with Gasteiger partial charge in [-0.2, -0.15) is 0 Å². The van der Waals surface area contributed by atoms with E-state index in [0.717, 1.165) is 25.2 Å². The highest BCUT2D eigenvalue weighted by molar-refractivity contribution is 5.73. The number of halogens is 1. The van der Waals surface area contributed by atoms with E-state index in [1.165, 1.54) is 20.1 Å². The van der Waals surface area contributed by atoms with Crippen molar-refractivity contribution in [1.29, 1.82) is 0 Å². The quantitative estimate of drug-likeness (QED) is 0.900. The van der Waals surface area contributed by atoms with Crippen LogP contribution in [0.3, 0.4) is 0 Å². The summed E-state index contributed by atoms with van der Waals surface area (Å²) in [4.78, 5) is 17.8. The lowest BCUT2D eigenvalue weighted by molar-refractivity contribution is -0.119. The fourth-order valence-electron chi connectivity index (χ4n) is 3.08. The number of hydrogen-bond acceptors (Lipinski definition) is 5. The van der Waals surface area contributed by atoms with Crippen molar-refractivity contribution >= 4 is 5.91 Å². The third-order valence-corrected chi connectivity index (χ3v) is 4.35. The number of aryl methyl sites for hydroxylation is 1. The van der Waals surface area contributed by atoms with Gasteiger partial charge in [0.05, 0.1) is 18.4 Å². The fourth-order valence-corrected chi connectivity index (χ4v) is 3.08. The largest absolute Gasteiger partial charge is 0.497 e. The molecule has 1 amide bonds. The number of amides is 1. The van der Waals surface area contributed by atoms with Gasteiger partial charge in [0.1, 0.15) is 17.3 Å². The summed E-state index contributed by atoms with van der Waals surface area (Å²) in [6.45, 7) is 5.62. The summed E-state index contributed by atoms with van der Waals surface area (Å²) >= 11 is 0. The van der Waals surface area contributed by atoms with Gasteiger partial charge in [0.15, 0.2) is 0 Å². The number of nitrogens with one attached hydrogen (secondary N) is 1. The Kier molecular flexibility index (Phi) is 5.03. The second-order valence-corrected chi connectivity index (χ2v) is 6.29. The smallest absolute Gasteiger partial charge is 0.229 e. The molecule has 1 atom stereocenters. The van der Waals surface area contributed by atoms with Gasteiger partial charge in [-0.05, 0) is 25.5 Å². The van der Waals surface area contributed by atoms with Gasteiger partial charge < -0.3 is 14.5 Å². The van der Waals surface area contributed by atoms with Crippen molar-refractivity contribution in [3.05, 3.63) is 35.5 Å². The number of oxazole rings is 1. The predicted octanol–water partition coefficient (Wildman–Crippen LogP) is 2.51. The van der Waals surface area contributed by atoms with Crippen LogP contribution in [0, 0.1) is 12.7 Å². The standard InChI is InChI=1S/C18H22FN3O3/c1-11-17(10-22-7-6-13(9-22)20-12(2)23)21-18(25-11)15-5-4-14(24-3)8-16(15)19/h4-5,8,13H,6-7,9-10H2,1-3H3,(H,20,23). The lowest BCUT2D eigenvalue weighted by Gasteiger charge is -2.15. The van der Waals surface area contributed by atoms with Gasteiger partial charge in [-0.15, -0.1) is 0 Å². The summed E-state index contributed by atoms with van der Waals surface area (Å²) in [6.07, 6.45) is 0.913. The molecule has 2 aromatic rings. The Morgan fingerprint density at radius 1 is 1.52 bits per heavy atom. The van der Waals surface area contributed by atoms with Crippen molar-refractivity contribution in [1.82, 2.24) is 15.2 Å². The minimum absolute atomic E-state index is 0.0123. The fraction of sp³-hybridized carbons (Fsp3) is 0.444. The second kappa shape index (κ2) is 7.23. The number of carbonyl (C=O) groups excluding carboxylic acids is 1. The van der Waals surface area contributed by atoms with Gasteiger partial charge in [0.25, 0.3) is 0 Å². The van der Waals surface area contributed by atoms with Crippen molar-refractivity contribution in [3.63, 3.8) is 0 Å². The van der Waals surface area contributed by atoms with Gasteiger partial charge in [-0.3, -0.25) is 9.69 Å². The van der Waals surface area contributed by atoms with Gasteiger partial charge in [-0.25, -0.2) is 9.37 Å². The molecule has 1 aromatic heterocycles. The zero-order chi connectivity index (χ0) is 18.0. The molecule has 1 saturated heterocycles. The molecule has 0 saturated carbocycles. The Morgan fingerprint density at radius 3 is 3.00 bits per heavy atom. The first-order valence-corrected chi connectivity index (χ1v) is 8.26. The first-order chi connectivity index (χ1) is 12.0. The molecule has 1 unspecified atom stereocenters. The molecule has 2 heterocycles. The summed E-state index contributed by atoms with van der Waals surface area (Å²) < 4.78 is 24.9. The lowest BCUT2D eigenvalue weighted by Crippen LogP contribution is -2.35. The number of hydrogen-bond donors (Lipinski definition) is 1. The average Bonchev–Trinajstić information content (AvgIpc) is 3.14. The molecule has 1 aliphatic heterocycles. The number of methoxy groups -OCH3 is 1. The maximum Gasteiger partial charge on any atom is 0.229 e. The molecule has 0 aliphatic carbocycles. The summed E-state index contributed by atoms with van der Waals surface area (Å²) in [5.41, 5.74) is 1.10. The maximum absolute atomic E-state index is 14.2. The number of likely N-dealkylation sites (tertiary alicyclic amines) is 1. The topological polar surface area (TPSA) is 67.6 Å². The second-order valence-electron chi connectivity index (χ2n) is 6.29. The van der Waals surface area contributed by atoms with E-state index in [4.69, 9.17) is 9.15 Å². The minimum Gasteiger partial charge on any atom is -0.497 e. The lowest BCUT2D eigenvalue weighted by atomic mass is 10.2. The third kappa shape index (κ3) is 3.99. The Hall–Kier alpha value is -2.41. The van der Waals surface area contributed by atoms with E-state index in [-0.39, 0.29) is 17.8 Å². The van der Waals surface area contributed by atoms with Gasteiger partial charge >= 0.3 is 0 Å². The molecule has 0 radical (unpaired) electrons. The highest BCUT2D eigenvalue weighted by atomic mass is 19.1. The summed E-state index contributed by atoms with van der Waals surface area (Å²) in [6, 6.07) is 4.76. The van der Waals surface area contributed by atoms with Crippen molar-refractivity contribution in [2.45, 2.75) is 32.9 Å². The van der Waals surface area contributed by atoms with E-state index in [2.05, 4.69) is 15.2 Å². The SMILES string of the molecule is COc1ccc(-c2nc(CN3CCC(NC(C)=O)C3)c(C)o2)c(F)c1. The average molecular weight is 347 g/mol. The molecule has 134 valence electrons. The Balaban J connectivity index is 1.72. The number of nitrogens with zero attached hydrogens (tertiary/aromatic N) is 2. The summed E-state index contributed by atoms with van der Waals surface area (Å²) in [5, 5.41) is 2.94. The van der Waals surface area contributed by atoms with E-state index in [9.17, 15) is 9.18 Å². The molecule has 6 nitrogen and oxygen atoms in total. The van der Waals surface area contributed by atoms with Gasteiger partial charge in [0.2, 0.25) is 11.8 Å². The van der Waals surface area contributed by atoms with Crippen LogP contribution in [0.4, 0.5) is 4.39 Å². The molecule has 0 spiro atoms. The van der Waals surface area contributed by atoms with Crippen molar-refractivity contribution < 1.29 is 18.3 Å². The predicted molar refractivity (Wildman–Crippen MR) is 90.7 cm³/mol. The molecule has 0 bridgehead atoms. The van der Waals surface area contributed by atoms with Crippen LogP contribution in [0.25, 0.3) is 11.5 Å². The first-order valence-electron chi connectivity index (χ1n) is 8.26. The van der Waals surface area contributed by atoms with Crippen LogP contribution in [0.2, 0.25) is 0 Å². The maximum atomic E-state index is 14.2. The summed E-state index contributed by atoms with van der Waals surface area (Å²) in [5.74, 6) is 0.949. The van der Waals surface area contributed by atoms with Crippen LogP contribution in [0.1, 0.15) is 24.8 Å². The van der Waals surface area contributed by atoms with Crippen LogP contribution >= 0.6 is 0 Å². The van der Waals surface area contributed by atoms with Crippen LogP contribution in [0.5, 0.6) is 5.75 Å². The number of ether oxygens (including phenoxy) is 1. The van der Waals surface area contributed by atoms with E-state index < -0.39 is 5.82 Å². The van der Waals surface area contributed by atoms with E-state index in [1.54, 1.807) is 12.1 Å². The van der Waals surface area contributed by atoms with Crippen LogP contribution < -0.4 is 10.1 Å². The summed E-state index contributed by atoms with van der Waals surface area (Å²) in [7, 11) is 1.49. The Labute approximate surface area is 146 Å². The Bertz CT molecular complexity index is 775. The number of aromatic nitrogens is 1. The van der Waals surface area contributed by atoms with Crippen LogP contribution in [-0.4, -0.2) is 42.0 Å². The molecule has 1 fully saturated rings. The highest BCUT2D eigenvalue weighted by Crippen LogP contribution is 2.28. The number of rotatable bonds is 5. The first kappa shape index (κ1) is 17.4. The van der Waals surface area contributed by atoms with E-state index in [0.29, 0.717) is 23.6 Å². The minimum atomic E-state index is -0.431. The van der Waals surface area contributed by atoms with E-state index in [1.807, 2.05) is 6.92 Å². The van der Waals surface area contributed by atoms with Gasteiger partial charge in [-0.1, -0.05) is 0 Å². The molecular formula is C18H22FN3O3. The van der Waals surface area contributed by atoms with E-state index >= 15 is 0 Å². The van der Waals surface area contributed by atoms with Crippen molar-refractivity contribution in [2.75, 3.05) is 20.2 Å². The van der Waals surface area contributed by atoms with Gasteiger partial charge in [0, 0.05) is 38.7 Å². The zero-order valence-electron chi connectivity index (χ0n) is 14.6. The number of benzene rings is 1. The molecular weight excluding hydrogens is 325 g/mol. The molecule has 7 heteroatoms. The normalized spacial score (nSPS) is 17.7. The molecule has 3 rings (SSSR count). The molecule has 25 heavy (non-hydrogen) atoms. The number of carbonyl (C=O) groups is 1. The Morgan fingerprint density at radius 2 is 2.32 bits per heavy atom. The van der Waals surface area contributed by atoms with Crippen LogP contribution in [-0.2, 0) is 11.3 Å². The van der Waals surface area contributed by atoms with Crippen molar-refractivity contribution in [3.8, 4) is 17.2 Å². The van der Waals surface area contributed by atoms with Crippen LogP contribution in [0.15, 0.2) is 22.6 Å². The molecule has 1 N–H and O–H groups in total. The zero-order valence-corrected chi connectivity index (χ0v) is 14.6. The third-order valence-electron chi connectivity index (χ3n) is 4.35. The molecule has 1 aliphatic rings. The monoisotopic (exact) mass is 347 g/mol. The van der Waals surface area contributed by atoms with Crippen molar-refractivity contribution in [2.24, 2.45) is 0 Å². The highest BCUT2D eigenvalue weighted by Gasteiger charge is 2.25.